The number of rotatable bonds is 11. The van der Waals surface area contributed by atoms with Crippen LogP contribution in [0.3, 0.4) is 0 Å². The van der Waals surface area contributed by atoms with Gasteiger partial charge in [0.05, 0.1) is 12.5 Å². The molecule has 1 heterocycles. The van der Waals surface area contributed by atoms with Gasteiger partial charge in [0.2, 0.25) is 5.91 Å². The molecule has 0 unspecified atom stereocenters. The van der Waals surface area contributed by atoms with E-state index in [4.69, 9.17) is 9.47 Å². The lowest BCUT2D eigenvalue weighted by atomic mass is 9.88. The second-order valence-corrected chi connectivity index (χ2v) is 8.20. The smallest absolute Gasteiger partial charge is 0.224 e. The number of hydrogen-bond acceptors (Lipinski definition) is 4. The Morgan fingerprint density at radius 2 is 2.00 bits per heavy atom. The van der Waals surface area contributed by atoms with Crippen molar-refractivity contribution in [3.05, 3.63) is 66.0 Å². The van der Waals surface area contributed by atoms with Crippen LogP contribution in [0.4, 0.5) is 4.39 Å². The van der Waals surface area contributed by atoms with Crippen molar-refractivity contribution >= 4 is 5.91 Å². The van der Waals surface area contributed by atoms with Crippen LogP contribution in [-0.2, 0) is 16.0 Å². The van der Waals surface area contributed by atoms with Crippen LogP contribution in [-0.4, -0.2) is 57.3 Å². The molecule has 0 radical (unpaired) electrons. The zero-order valence-electron chi connectivity index (χ0n) is 18.3. The second-order valence-electron chi connectivity index (χ2n) is 8.20. The fourth-order valence-corrected chi connectivity index (χ4v) is 4.07. The van der Waals surface area contributed by atoms with Gasteiger partial charge in [-0.2, -0.15) is 0 Å². The van der Waals surface area contributed by atoms with Crippen LogP contribution < -0.4 is 10.1 Å². The van der Waals surface area contributed by atoms with Gasteiger partial charge in [-0.15, -0.1) is 0 Å². The Morgan fingerprint density at radius 3 is 2.77 bits per heavy atom. The van der Waals surface area contributed by atoms with Crippen molar-refractivity contribution < 1.29 is 18.7 Å². The molecule has 2 aromatic rings. The van der Waals surface area contributed by atoms with Gasteiger partial charge in [-0.1, -0.05) is 36.4 Å². The number of piperidine rings is 1. The fraction of sp³-hybridized carbons (Fsp3) is 0.480. The number of amides is 1. The number of nitrogens with zero attached hydrogens (tertiary/aromatic N) is 1. The molecule has 1 amide bonds. The molecule has 6 heteroatoms. The molecule has 1 fully saturated rings. The lowest BCUT2D eigenvalue weighted by molar-refractivity contribution is -0.127. The third-order valence-electron chi connectivity index (χ3n) is 5.65. The Labute approximate surface area is 184 Å². The summed E-state index contributed by atoms with van der Waals surface area (Å²) < 4.78 is 24.4. The molecule has 0 aliphatic carbocycles. The van der Waals surface area contributed by atoms with Crippen molar-refractivity contribution in [1.29, 1.82) is 0 Å². The minimum atomic E-state index is -0.307. The fourth-order valence-electron chi connectivity index (χ4n) is 4.07. The van der Waals surface area contributed by atoms with Crippen LogP contribution in [0.5, 0.6) is 5.75 Å². The first-order valence-electron chi connectivity index (χ1n) is 11.1. The van der Waals surface area contributed by atoms with Crippen molar-refractivity contribution in [3.63, 3.8) is 0 Å². The molecular formula is C25H33FN2O3. The molecule has 31 heavy (non-hydrogen) atoms. The van der Waals surface area contributed by atoms with Gasteiger partial charge < -0.3 is 19.7 Å². The number of ether oxygens (including phenoxy) is 2. The molecule has 0 bridgehead atoms. The summed E-state index contributed by atoms with van der Waals surface area (Å²) in [6.45, 7) is 4.25. The van der Waals surface area contributed by atoms with E-state index in [0.29, 0.717) is 25.5 Å². The summed E-state index contributed by atoms with van der Waals surface area (Å²) in [5.41, 5.74) is 1.29. The molecule has 1 aliphatic heterocycles. The topological polar surface area (TPSA) is 50.8 Å². The Kier molecular flexibility index (Phi) is 9.31. The van der Waals surface area contributed by atoms with Crippen molar-refractivity contribution in [1.82, 2.24) is 10.2 Å². The predicted molar refractivity (Wildman–Crippen MR) is 120 cm³/mol. The van der Waals surface area contributed by atoms with Crippen molar-refractivity contribution in [3.8, 4) is 5.75 Å². The lowest BCUT2D eigenvalue weighted by Crippen LogP contribution is -2.48. The van der Waals surface area contributed by atoms with E-state index in [1.807, 2.05) is 6.07 Å². The van der Waals surface area contributed by atoms with Gasteiger partial charge in [0, 0.05) is 51.9 Å². The minimum Gasteiger partial charge on any atom is -0.493 e. The van der Waals surface area contributed by atoms with Crippen LogP contribution in [0, 0.1) is 17.7 Å². The molecule has 1 N–H and O–H groups in total. The zero-order chi connectivity index (χ0) is 21.9. The number of carbonyl (C=O) groups excluding carboxylic acids is 1. The summed E-state index contributed by atoms with van der Waals surface area (Å²) in [6, 6.07) is 16.6. The normalized spacial score (nSPS) is 19.2. The Hall–Kier alpha value is -2.44. The number of carbonyl (C=O) groups is 1. The molecule has 5 nitrogen and oxygen atoms in total. The summed E-state index contributed by atoms with van der Waals surface area (Å²) in [6.07, 6.45) is 2.52. The first-order chi connectivity index (χ1) is 15.1. The van der Waals surface area contributed by atoms with Crippen LogP contribution in [0.1, 0.15) is 18.4 Å². The van der Waals surface area contributed by atoms with Crippen LogP contribution in [0.25, 0.3) is 0 Å². The van der Waals surface area contributed by atoms with E-state index in [-0.39, 0.29) is 23.6 Å². The van der Waals surface area contributed by atoms with Gasteiger partial charge >= 0.3 is 0 Å². The van der Waals surface area contributed by atoms with Gasteiger partial charge in [0.1, 0.15) is 11.6 Å². The average molecular weight is 429 g/mol. The summed E-state index contributed by atoms with van der Waals surface area (Å²) >= 11 is 0. The van der Waals surface area contributed by atoms with Crippen molar-refractivity contribution in [2.75, 3.05) is 46.5 Å². The van der Waals surface area contributed by atoms with Gasteiger partial charge in [-0.3, -0.25) is 4.79 Å². The molecule has 1 aliphatic rings. The third-order valence-corrected chi connectivity index (χ3v) is 5.65. The Bertz CT molecular complexity index is 802. The number of nitrogens with one attached hydrogen (secondary N) is 1. The highest BCUT2D eigenvalue weighted by Crippen LogP contribution is 2.24. The van der Waals surface area contributed by atoms with E-state index in [2.05, 4.69) is 34.5 Å². The lowest BCUT2D eigenvalue weighted by Gasteiger charge is -2.37. The molecule has 168 valence electrons. The molecule has 1 saturated heterocycles. The molecule has 3 rings (SSSR count). The number of likely N-dealkylation sites (tertiary alicyclic amines) is 1. The number of halogens is 1. The maximum Gasteiger partial charge on any atom is 0.224 e. The van der Waals surface area contributed by atoms with E-state index >= 15 is 0 Å². The highest BCUT2D eigenvalue weighted by molar-refractivity contribution is 5.79. The maximum absolute atomic E-state index is 13.4. The molecule has 2 aromatic carbocycles. The van der Waals surface area contributed by atoms with E-state index in [0.717, 1.165) is 38.9 Å². The van der Waals surface area contributed by atoms with Crippen LogP contribution in [0.15, 0.2) is 54.6 Å². The zero-order valence-corrected chi connectivity index (χ0v) is 18.3. The second kappa shape index (κ2) is 12.4. The van der Waals surface area contributed by atoms with Crippen LogP contribution >= 0.6 is 0 Å². The number of hydrogen-bond donors (Lipinski definition) is 1. The maximum atomic E-state index is 13.4. The van der Waals surface area contributed by atoms with Gasteiger partial charge in [0.25, 0.3) is 0 Å². The summed E-state index contributed by atoms with van der Waals surface area (Å²) in [7, 11) is 1.66. The highest BCUT2D eigenvalue weighted by atomic mass is 19.1. The predicted octanol–water partition coefficient (Wildman–Crippen LogP) is 3.54. The first-order valence-corrected chi connectivity index (χ1v) is 11.1. The van der Waals surface area contributed by atoms with Crippen molar-refractivity contribution in [2.24, 2.45) is 11.8 Å². The van der Waals surface area contributed by atoms with E-state index in [1.165, 1.54) is 17.7 Å². The molecule has 2 atom stereocenters. The number of methoxy groups -OCH3 is 1. The molecular weight excluding hydrogens is 395 g/mol. The summed E-state index contributed by atoms with van der Waals surface area (Å²) in [4.78, 5) is 15.1. The quantitative estimate of drug-likeness (QED) is 0.557. The van der Waals surface area contributed by atoms with Crippen LogP contribution in [0.2, 0.25) is 0 Å². The summed E-state index contributed by atoms with van der Waals surface area (Å²) in [5, 5.41) is 3.05. The largest absolute Gasteiger partial charge is 0.493 e. The van der Waals surface area contributed by atoms with E-state index in [1.54, 1.807) is 19.2 Å². The number of benzene rings is 2. The van der Waals surface area contributed by atoms with Gasteiger partial charge in [-0.05, 0) is 37.0 Å². The monoisotopic (exact) mass is 428 g/mol. The SMILES string of the molecule is COCCCNC(=O)[C@@H]1C[C@H](COc2cccc(F)c2)CN(CCc2ccccc2)C1. The van der Waals surface area contributed by atoms with E-state index in [9.17, 15) is 9.18 Å². The average Bonchev–Trinajstić information content (AvgIpc) is 2.80. The highest BCUT2D eigenvalue weighted by Gasteiger charge is 2.31. The summed E-state index contributed by atoms with van der Waals surface area (Å²) in [5.74, 6) is 0.452. The molecule has 0 aromatic heterocycles. The van der Waals surface area contributed by atoms with Gasteiger partial charge in [0.15, 0.2) is 0 Å². The Balaban J connectivity index is 1.57. The molecule has 0 saturated carbocycles. The standard InChI is InChI=1S/C25H33FN2O3/c1-30-14-6-12-27-25(29)22-15-21(19-31-24-10-5-9-23(26)16-24)17-28(18-22)13-11-20-7-3-2-4-8-20/h2-5,7-10,16,21-22H,6,11-15,17-19H2,1H3,(H,27,29)/t21-,22+/m0/s1. The molecule has 0 spiro atoms. The van der Waals surface area contributed by atoms with Crippen molar-refractivity contribution in [2.45, 2.75) is 19.3 Å². The van der Waals surface area contributed by atoms with Gasteiger partial charge in [-0.25, -0.2) is 4.39 Å². The third kappa shape index (κ3) is 7.96. The first kappa shape index (κ1) is 23.2. The minimum absolute atomic E-state index is 0.0758. The Morgan fingerprint density at radius 1 is 1.16 bits per heavy atom. The van der Waals surface area contributed by atoms with E-state index < -0.39 is 0 Å².